The molecule has 1 unspecified atom stereocenters. The van der Waals surface area contributed by atoms with Crippen molar-refractivity contribution in [1.82, 2.24) is 4.98 Å². The molecular formula is C8H14N2S. The summed E-state index contributed by atoms with van der Waals surface area (Å²) < 4.78 is 0. The van der Waals surface area contributed by atoms with Gasteiger partial charge in [-0.1, -0.05) is 6.92 Å². The first-order chi connectivity index (χ1) is 5.22. The topological polar surface area (TPSA) is 38.9 Å². The van der Waals surface area contributed by atoms with E-state index in [0.29, 0.717) is 0 Å². The van der Waals surface area contributed by atoms with Gasteiger partial charge in [0.05, 0.1) is 5.01 Å². The van der Waals surface area contributed by atoms with Gasteiger partial charge in [0.15, 0.2) is 0 Å². The van der Waals surface area contributed by atoms with E-state index in [-0.39, 0.29) is 6.04 Å². The molecule has 1 aromatic heterocycles. The van der Waals surface area contributed by atoms with Gasteiger partial charge in [0.1, 0.15) is 0 Å². The molecule has 1 atom stereocenters. The molecule has 0 saturated carbocycles. The second-order valence-electron chi connectivity index (χ2n) is 2.74. The van der Waals surface area contributed by atoms with E-state index < -0.39 is 0 Å². The highest BCUT2D eigenvalue weighted by Crippen LogP contribution is 2.12. The maximum atomic E-state index is 5.78. The highest BCUT2D eigenvalue weighted by molar-refractivity contribution is 7.11. The SMILES string of the molecule is CCC(N)Cc1ncc(C)s1. The number of thiazole rings is 1. The summed E-state index contributed by atoms with van der Waals surface area (Å²) in [7, 11) is 0. The molecule has 0 fully saturated rings. The maximum Gasteiger partial charge on any atom is 0.0942 e. The van der Waals surface area contributed by atoms with Crippen LogP contribution in [0.2, 0.25) is 0 Å². The van der Waals surface area contributed by atoms with E-state index in [0.717, 1.165) is 17.8 Å². The molecule has 2 N–H and O–H groups in total. The molecule has 0 aliphatic carbocycles. The van der Waals surface area contributed by atoms with Crippen LogP contribution in [0.4, 0.5) is 0 Å². The fourth-order valence-corrected chi connectivity index (χ4v) is 1.74. The Morgan fingerprint density at radius 3 is 2.91 bits per heavy atom. The molecule has 0 radical (unpaired) electrons. The number of nitrogens with two attached hydrogens (primary N) is 1. The van der Waals surface area contributed by atoms with E-state index in [9.17, 15) is 0 Å². The number of hydrogen-bond donors (Lipinski definition) is 1. The zero-order valence-corrected chi connectivity index (χ0v) is 7.82. The van der Waals surface area contributed by atoms with Crippen LogP contribution in [0.5, 0.6) is 0 Å². The Morgan fingerprint density at radius 2 is 2.45 bits per heavy atom. The number of aryl methyl sites for hydroxylation is 1. The standard InChI is InChI=1S/C8H14N2S/c1-3-7(9)4-8-10-5-6(2)11-8/h5,7H,3-4,9H2,1-2H3. The van der Waals surface area contributed by atoms with Crippen LogP contribution in [0, 0.1) is 6.92 Å². The van der Waals surface area contributed by atoms with Crippen LogP contribution in [0.15, 0.2) is 6.20 Å². The molecule has 1 heterocycles. The summed E-state index contributed by atoms with van der Waals surface area (Å²) in [6.45, 7) is 4.17. The van der Waals surface area contributed by atoms with Gasteiger partial charge in [-0.05, 0) is 13.3 Å². The van der Waals surface area contributed by atoms with Crippen LogP contribution in [-0.4, -0.2) is 11.0 Å². The highest BCUT2D eigenvalue weighted by atomic mass is 32.1. The van der Waals surface area contributed by atoms with E-state index in [1.54, 1.807) is 11.3 Å². The predicted molar refractivity (Wildman–Crippen MR) is 48.8 cm³/mol. The van der Waals surface area contributed by atoms with Crippen molar-refractivity contribution in [1.29, 1.82) is 0 Å². The van der Waals surface area contributed by atoms with Crippen molar-refractivity contribution in [3.8, 4) is 0 Å². The third kappa shape index (κ3) is 2.60. The van der Waals surface area contributed by atoms with Crippen LogP contribution >= 0.6 is 11.3 Å². The number of aromatic nitrogens is 1. The van der Waals surface area contributed by atoms with Crippen LogP contribution < -0.4 is 5.73 Å². The smallest absolute Gasteiger partial charge is 0.0942 e. The van der Waals surface area contributed by atoms with E-state index in [1.807, 2.05) is 6.20 Å². The van der Waals surface area contributed by atoms with Crippen molar-refractivity contribution < 1.29 is 0 Å². The first kappa shape index (κ1) is 8.68. The lowest BCUT2D eigenvalue weighted by molar-refractivity contribution is 0.644. The van der Waals surface area contributed by atoms with Crippen molar-refractivity contribution in [2.24, 2.45) is 5.73 Å². The fraction of sp³-hybridized carbons (Fsp3) is 0.625. The Balaban J connectivity index is 2.50. The van der Waals surface area contributed by atoms with Crippen molar-refractivity contribution in [2.45, 2.75) is 32.7 Å². The summed E-state index contributed by atoms with van der Waals surface area (Å²) in [5, 5.41) is 1.16. The molecule has 0 spiro atoms. The van der Waals surface area contributed by atoms with Crippen LogP contribution in [-0.2, 0) is 6.42 Å². The van der Waals surface area contributed by atoms with Crippen LogP contribution in [0.3, 0.4) is 0 Å². The summed E-state index contributed by atoms with van der Waals surface area (Å²) in [6.07, 6.45) is 3.86. The summed E-state index contributed by atoms with van der Waals surface area (Å²) in [5.41, 5.74) is 5.78. The van der Waals surface area contributed by atoms with Crippen molar-refractivity contribution in [3.63, 3.8) is 0 Å². The molecule has 0 amide bonds. The first-order valence-corrected chi connectivity index (χ1v) is 4.71. The predicted octanol–water partition coefficient (Wildman–Crippen LogP) is 1.73. The van der Waals surface area contributed by atoms with E-state index in [4.69, 9.17) is 5.73 Å². The zero-order chi connectivity index (χ0) is 8.27. The zero-order valence-electron chi connectivity index (χ0n) is 7.00. The average Bonchev–Trinajstić information content (AvgIpc) is 2.35. The van der Waals surface area contributed by atoms with Crippen molar-refractivity contribution in [2.75, 3.05) is 0 Å². The molecular weight excluding hydrogens is 156 g/mol. The molecule has 62 valence electrons. The molecule has 3 heteroatoms. The van der Waals surface area contributed by atoms with Gasteiger partial charge in [0.2, 0.25) is 0 Å². The van der Waals surface area contributed by atoms with Crippen molar-refractivity contribution >= 4 is 11.3 Å². The molecule has 1 rings (SSSR count). The Hall–Kier alpha value is -0.410. The van der Waals surface area contributed by atoms with Gasteiger partial charge in [-0.15, -0.1) is 11.3 Å². The average molecular weight is 170 g/mol. The van der Waals surface area contributed by atoms with E-state index in [2.05, 4.69) is 18.8 Å². The minimum atomic E-state index is 0.278. The monoisotopic (exact) mass is 170 g/mol. The molecule has 0 aliphatic heterocycles. The normalized spacial score (nSPS) is 13.4. The molecule has 0 saturated heterocycles. The van der Waals surface area contributed by atoms with Gasteiger partial charge in [-0.2, -0.15) is 0 Å². The first-order valence-electron chi connectivity index (χ1n) is 3.89. The number of hydrogen-bond acceptors (Lipinski definition) is 3. The Kier molecular flexibility index (Phi) is 3.02. The van der Waals surface area contributed by atoms with Crippen LogP contribution in [0.25, 0.3) is 0 Å². The van der Waals surface area contributed by atoms with Gasteiger partial charge in [0, 0.05) is 23.5 Å². The lowest BCUT2D eigenvalue weighted by Gasteiger charge is -2.03. The van der Waals surface area contributed by atoms with Gasteiger partial charge < -0.3 is 5.73 Å². The van der Waals surface area contributed by atoms with Gasteiger partial charge in [-0.3, -0.25) is 0 Å². The third-order valence-corrected chi connectivity index (χ3v) is 2.57. The molecule has 1 aromatic rings. The Morgan fingerprint density at radius 1 is 1.73 bits per heavy atom. The molecule has 0 aliphatic rings. The lowest BCUT2D eigenvalue weighted by atomic mass is 10.2. The summed E-state index contributed by atoms with van der Waals surface area (Å²) >= 11 is 1.74. The number of nitrogens with zero attached hydrogens (tertiary/aromatic N) is 1. The van der Waals surface area contributed by atoms with E-state index in [1.165, 1.54) is 4.88 Å². The van der Waals surface area contributed by atoms with Gasteiger partial charge in [-0.25, -0.2) is 4.98 Å². The third-order valence-electron chi connectivity index (χ3n) is 1.63. The summed E-state index contributed by atoms with van der Waals surface area (Å²) in [4.78, 5) is 5.51. The van der Waals surface area contributed by atoms with Gasteiger partial charge >= 0.3 is 0 Å². The Labute approximate surface area is 71.5 Å². The lowest BCUT2D eigenvalue weighted by Crippen LogP contribution is -2.21. The van der Waals surface area contributed by atoms with E-state index >= 15 is 0 Å². The summed E-state index contributed by atoms with van der Waals surface area (Å²) in [5.74, 6) is 0. The summed E-state index contributed by atoms with van der Waals surface area (Å²) in [6, 6.07) is 0.278. The molecule has 0 aromatic carbocycles. The number of rotatable bonds is 3. The van der Waals surface area contributed by atoms with Crippen LogP contribution in [0.1, 0.15) is 23.2 Å². The second-order valence-corrected chi connectivity index (χ2v) is 4.06. The minimum Gasteiger partial charge on any atom is -0.327 e. The fourth-order valence-electron chi connectivity index (χ4n) is 0.864. The molecule has 11 heavy (non-hydrogen) atoms. The Bertz CT molecular complexity index is 220. The second kappa shape index (κ2) is 3.83. The molecule has 0 bridgehead atoms. The highest BCUT2D eigenvalue weighted by Gasteiger charge is 2.03. The quantitative estimate of drug-likeness (QED) is 0.750. The van der Waals surface area contributed by atoms with Crippen molar-refractivity contribution in [3.05, 3.63) is 16.1 Å². The maximum absolute atomic E-state index is 5.78. The van der Waals surface area contributed by atoms with Gasteiger partial charge in [0.25, 0.3) is 0 Å². The minimum absolute atomic E-state index is 0.278. The largest absolute Gasteiger partial charge is 0.327 e. The molecule has 2 nitrogen and oxygen atoms in total.